The zero-order chi connectivity index (χ0) is 11.7. The third kappa shape index (κ3) is 2.18. The standard InChI is InChI=1S/C11H17ClN4/c1-15-2-4-16(5-3-15)10-7-8(12)6-9(13)11(10)14/h6-7H,2-5,13-14H2,1H3. The SMILES string of the molecule is CN1CCN(c2cc(Cl)cc(N)c2N)CC1. The number of nitrogens with two attached hydrogens (primary N) is 2. The first-order chi connectivity index (χ1) is 7.58. The van der Waals surface area contributed by atoms with Crippen molar-refractivity contribution >= 4 is 28.7 Å². The largest absolute Gasteiger partial charge is 0.397 e. The highest BCUT2D eigenvalue weighted by molar-refractivity contribution is 6.31. The summed E-state index contributed by atoms with van der Waals surface area (Å²) in [5, 5.41) is 0.639. The molecule has 0 amide bonds. The van der Waals surface area contributed by atoms with E-state index in [-0.39, 0.29) is 0 Å². The maximum Gasteiger partial charge on any atom is 0.0786 e. The molecule has 1 saturated heterocycles. The molecule has 2 rings (SSSR count). The molecule has 0 bridgehead atoms. The number of hydrogen-bond donors (Lipinski definition) is 2. The van der Waals surface area contributed by atoms with Gasteiger partial charge in [-0.2, -0.15) is 0 Å². The number of piperazine rings is 1. The molecule has 4 nitrogen and oxygen atoms in total. The van der Waals surface area contributed by atoms with Crippen LogP contribution in [0.2, 0.25) is 5.02 Å². The van der Waals surface area contributed by atoms with Crippen LogP contribution in [-0.2, 0) is 0 Å². The predicted molar refractivity (Wildman–Crippen MR) is 70.0 cm³/mol. The van der Waals surface area contributed by atoms with Gasteiger partial charge in [0.1, 0.15) is 0 Å². The van der Waals surface area contributed by atoms with Crippen LogP contribution in [0, 0.1) is 0 Å². The molecule has 1 heterocycles. The molecular formula is C11H17ClN4. The molecule has 0 aliphatic carbocycles. The Morgan fingerprint density at radius 2 is 1.75 bits per heavy atom. The summed E-state index contributed by atoms with van der Waals surface area (Å²) in [5.74, 6) is 0. The lowest BCUT2D eigenvalue weighted by Gasteiger charge is -2.35. The minimum Gasteiger partial charge on any atom is -0.397 e. The van der Waals surface area contributed by atoms with E-state index >= 15 is 0 Å². The van der Waals surface area contributed by atoms with Gasteiger partial charge in [-0.3, -0.25) is 0 Å². The van der Waals surface area contributed by atoms with E-state index in [0.29, 0.717) is 16.4 Å². The van der Waals surface area contributed by atoms with Crippen LogP contribution in [0.15, 0.2) is 12.1 Å². The molecule has 1 aliphatic heterocycles. The first-order valence-electron chi connectivity index (χ1n) is 5.36. The van der Waals surface area contributed by atoms with Crippen LogP contribution in [0.4, 0.5) is 17.1 Å². The third-order valence-electron chi connectivity index (χ3n) is 3.00. The molecule has 4 N–H and O–H groups in total. The van der Waals surface area contributed by atoms with Crippen molar-refractivity contribution in [1.29, 1.82) is 0 Å². The van der Waals surface area contributed by atoms with E-state index < -0.39 is 0 Å². The number of nitrogens with zero attached hydrogens (tertiary/aromatic N) is 2. The van der Waals surface area contributed by atoms with Gasteiger partial charge in [-0.25, -0.2) is 0 Å². The molecule has 5 heteroatoms. The molecule has 0 saturated carbocycles. The lowest BCUT2D eigenvalue weighted by atomic mass is 10.2. The summed E-state index contributed by atoms with van der Waals surface area (Å²) in [6.07, 6.45) is 0. The topological polar surface area (TPSA) is 58.5 Å². The maximum absolute atomic E-state index is 6.00. The van der Waals surface area contributed by atoms with Crippen molar-refractivity contribution in [2.75, 3.05) is 49.6 Å². The first-order valence-corrected chi connectivity index (χ1v) is 5.73. The lowest BCUT2D eigenvalue weighted by molar-refractivity contribution is 0.313. The number of halogens is 1. The van der Waals surface area contributed by atoms with E-state index in [1.807, 2.05) is 6.07 Å². The summed E-state index contributed by atoms with van der Waals surface area (Å²) < 4.78 is 0. The van der Waals surface area contributed by atoms with Crippen molar-refractivity contribution in [3.05, 3.63) is 17.2 Å². The minimum atomic E-state index is 0.557. The molecular weight excluding hydrogens is 224 g/mol. The monoisotopic (exact) mass is 240 g/mol. The summed E-state index contributed by atoms with van der Waals surface area (Å²) in [6.45, 7) is 3.98. The Hall–Kier alpha value is -1.13. The second-order valence-electron chi connectivity index (χ2n) is 4.22. The van der Waals surface area contributed by atoms with E-state index in [9.17, 15) is 0 Å². The van der Waals surface area contributed by atoms with Crippen molar-refractivity contribution in [2.45, 2.75) is 0 Å². The Bertz CT molecular complexity index is 386. The number of nitrogen functional groups attached to an aromatic ring is 2. The normalized spacial score (nSPS) is 17.8. The molecule has 1 aromatic rings. The van der Waals surface area contributed by atoms with Gasteiger partial charge in [0.2, 0.25) is 0 Å². The van der Waals surface area contributed by atoms with Crippen LogP contribution in [0.3, 0.4) is 0 Å². The van der Waals surface area contributed by atoms with Gasteiger partial charge >= 0.3 is 0 Å². The van der Waals surface area contributed by atoms with Crippen LogP contribution < -0.4 is 16.4 Å². The van der Waals surface area contributed by atoms with Crippen LogP contribution in [0.1, 0.15) is 0 Å². The quantitative estimate of drug-likeness (QED) is 0.726. The molecule has 0 unspecified atom stereocenters. The van der Waals surface area contributed by atoms with Gasteiger partial charge in [0, 0.05) is 31.2 Å². The number of anilines is 3. The Kier molecular flexibility index (Phi) is 3.12. The van der Waals surface area contributed by atoms with Crippen molar-refractivity contribution < 1.29 is 0 Å². The molecule has 16 heavy (non-hydrogen) atoms. The fourth-order valence-corrected chi connectivity index (χ4v) is 2.15. The number of benzene rings is 1. The Balaban J connectivity index is 2.26. The molecule has 1 fully saturated rings. The van der Waals surface area contributed by atoms with Gasteiger partial charge in [0.25, 0.3) is 0 Å². The van der Waals surface area contributed by atoms with Gasteiger partial charge in [0.15, 0.2) is 0 Å². The lowest BCUT2D eigenvalue weighted by Crippen LogP contribution is -2.44. The minimum absolute atomic E-state index is 0.557. The molecule has 88 valence electrons. The summed E-state index contributed by atoms with van der Waals surface area (Å²) >= 11 is 6.00. The van der Waals surface area contributed by atoms with Crippen molar-refractivity contribution in [3.63, 3.8) is 0 Å². The van der Waals surface area contributed by atoms with E-state index in [0.717, 1.165) is 31.9 Å². The molecule has 0 radical (unpaired) electrons. The number of hydrogen-bond acceptors (Lipinski definition) is 4. The third-order valence-corrected chi connectivity index (χ3v) is 3.22. The highest BCUT2D eigenvalue weighted by Crippen LogP contribution is 2.32. The fourth-order valence-electron chi connectivity index (χ4n) is 1.93. The molecule has 0 aromatic heterocycles. The second kappa shape index (κ2) is 4.39. The van der Waals surface area contributed by atoms with E-state index in [2.05, 4.69) is 16.8 Å². The molecule has 1 aliphatic rings. The molecule has 1 aromatic carbocycles. The van der Waals surface area contributed by atoms with E-state index in [4.69, 9.17) is 23.1 Å². The van der Waals surface area contributed by atoms with Gasteiger partial charge in [-0.05, 0) is 19.2 Å². The predicted octanol–water partition coefficient (Wildman–Crippen LogP) is 1.26. The molecule has 0 atom stereocenters. The van der Waals surface area contributed by atoms with Crippen LogP contribution >= 0.6 is 11.6 Å². The number of rotatable bonds is 1. The summed E-state index contributed by atoms with van der Waals surface area (Å²) in [6, 6.07) is 3.58. The zero-order valence-electron chi connectivity index (χ0n) is 9.41. The van der Waals surface area contributed by atoms with E-state index in [1.54, 1.807) is 6.07 Å². The van der Waals surface area contributed by atoms with Gasteiger partial charge in [-0.1, -0.05) is 11.6 Å². The molecule has 0 spiro atoms. The smallest absolute Gasteiger partial charge is 0.0786 e. The van der Waals surface area contributed by atoms with E-state index in [1.165, 1.54) is 0 Å². The Morgan fingerprint density at radius 3 is 2.38 bits per heavy atom. The zero-order valence-corrected chi connectivity index (χ0v) is 10.2. The van der Waals surface area contributed by atoms with Crippen molar-refractivity contribution in [3.8, 4) is 0 Å². The Labute approximate surface area is 101 Å². The Morgan fingerprint density at radius 1 is 1.12 bits per heavy atom. The van der Waals surface area contributed by atoms with Crippen molar-refractivity contribution in [1.82, 2.24) is 4.90 Å². The van der Waals surface area contributed by atoms with Crippen molar-refractivity contribution in [2.24, 2.45) is 0 Å². The van der Waals surface area contributed by atoms with Gasteiger partial charge < -0.3 is 21.3 Å². The summed E-state index contributed by atoms with van der Waals surface area (Å²) in [4.78, 5) is 4.53. The van der Waals surface area contributed by atoms with Gasteiger partial charge in [0.05, 0.1) is 17.1 Å². The average molecular weight is 241 g/mol. The average Bonchev–Trinajstić information content (AvgIpc) is 2.25. The maximum atomic E-state index is 6.00. The number of likely N-dealkylation sites (N-methyl/N-ethyl adjacent to an activating group) is 1. The van der Waals surface area contributed by atoms with Gasteiger partial charge in [-0.15, -0.1) is 0 Å². The summed E-state index contributed by atoms with van der Waals surface area (Å²) in [5.41, 5.74) is 13.9. The highest BCUT2D eigenvalue weighted by atomic mass is 35.5. The second-order valence-corrected chi connectivity index (χ2v) is 4.65. The fraction of sp³-hybridized carbons (Fsp3) is 0.455. The summed E-state index contributed by atoms with van der Waals surface area (Å²) in [7, 11) is 2.12. The van der Waals surface area contributed by atoms with Crippen LogP contribution in [0.5, 0.6) is 0 Å². The van der Waals surface area contributed by atoms with Crippen LogP contribution in [0.25, 0.3) is 0 Å². The van der Waals surface area contributed by atoms with Crippen LogP contribution in [-0.4, -0.2) is 38.1 Å². The first kappa shape index (κ1) is 11.4. The highest BCUT2D eigenvalue weighted by Gasteiger charge is 2.17.